The fourth-order valence-electron chi connectivity index (χ4n) is 6.21. The standard InChI is InChI=1S/C36H67O11P/c1-4-6-13-19-29(37)23-24-32-31(33(38)25-34(32)39)20-15-11-12-16-21-35(40)45-26-30(27-46-48(42,43)44)47-36(41)22-17-10-8-7-9-14-18-28(3)5-2/h23-24,28-34,37-39H,4-22,25-27H2,1-3H3,(H2,42,43,44)/b24-23+/t28?,29-,30+,31+,32+,33-,34+/m0/s1. The van der Waals surface area contributed by atoms with Gasteiger partial charge in [-0.2, -0.15) is 0 Å². The summed E-state index contributed by atoms with van der Waals surface area (Å²) >= 11 is 0. The summed E-state index contributed by atoms with van der Waals surface area (Å²) < 4.78 is 26.3. The first-order valence-corrected chi connectivity index (χ1v) is 20.2. The lowest BCUT2D eigenvalue weighted by molar-refractivity contribution is -0.161. The normalized spacial score (nSPS) is 21.8. The van der Waals surface area contributed by atoms with E-state index in [1.165, 1.54) is 25.7 Å². The van der Waals surface area contributed by atoms with Crippen molar-refractivity contribution in [3.8, 4) is 0 Å². The van der Waals surface area contributed by atoms with E-state index in [0.717, 1.165) is 70.1 Å². The molecule has 0 amide bonds. The molecule has 1 unspecified atom stereocenters. The van der Waals surface area contributed by atoms with Gasteiger partial charge in [-0.25, -0.2) is 4.57 Å². The van der Waals surface area contributed by atoms with E-state index in [2.05, 4.69) is 25.3 Å². The Labute approximate surface area is 289 Å². The SMILES string of the molecule is CCCCC[C@H](O)/C=C/[C@@H]1[C@@H](CCCCCCC(=O)OC[C@H](COP(=O)(O)O)OC(=O)CCCCCCCCC(C)CC)[C@@H](O)C[C@H]1O. The van der Waals surface area contributed by atoms with Crippen molar-refractivity contribution in [2.45, 2.75) is 174 Å². The van der Waals surface area contributed by atoms with Gasteiger partial charge in [0.25, 0.3) is 0 Å². The summed E-state index contributed by atoms with van der Waals surface area (Å²) in [5.74, 6) is -0.541. The summed E-state index contributed by atoms with van der Waals surface area (Å²) in [6, 6.07) is 0. The van der Waals surface area contributed by atoms with Crippen LogP contribution in [-0.4, -0.2) is 74.7 Å². The number of hydrogen-bond donors (Lipinski definition) is 5. The summed E-state index contributed by atoms with van der Waals surface area (Å²) in [7, 11) is -4.80. The Hall–Kier alpha value is -1.33. The molecule has 1 aliphatic carbocycles. The van der Waals surface area contributed by atoms with Crippen molar-refractivity contribution >= 4 is 19.8 Å². The third-order valence-electron chi connectivity index (χ3n) is 9.42. The number of aliphatic hydroxyl groups is 3. The minimum absolute atomic E-state index is 0.0802. The van der Waals surface area contributed by atoms with E-state index in [9.17, 15) is 29.5 Å². The second-order valence-electron chi connectivity index (χ2n) is 13.8. The van der Waals surface area contributed by atoms with Crippen molar-refractivity contribution in [2.24, 2.45) is 17.8 Å². The molecule has 12 heteroatoms. The molecule has 0 aliphatic heterocycles. The van der Waals surface area contributed by atoms with Gasteiger partial charge in [0.2, 0.25) is 0 Å². The number of ether oxygens (including phenoxy) is 2. The van der Waals surface area contributed by atoms with E-state index in [1.807, 2.05) is 6.08 Å². The largest absolute Gasteiger partial charge is 0.469 e. The monoisotopic (exact) mass is 706 g/mol. The van der Waals surface area contributed by atoms with Crippen molar-refractivity contribution in [2.75, 3.05) is 13.2 Å². The van der Waals surface area contributed by atoms with Crippen LogP contribution < -0.4 is 0 Å². The Bertz CT molecular complexity index is 924. The molecule has 1 rings (SSSR count). The van der Waals surface area contributed by atoms with Gasteiger partial charge in [0.1, 0.15) is 6.61 Å². The lowest BCUT2D eigenvalue weighted by Gasteiger charge is -2.21. The predicted molar refractivity (Wildman–Crippen MR) is 186 cm³/mol. The van der Waals surface area contributed by atoms with E-state index < -0.39 is 50.8 Å². The first-order valence-electron chi connectivity index (χ1n) is 18.6. The Kier molecular flexibility index (Phi) is 24.6. The lowest BCUT2D eigenvalue weighted by Crippen LogP contribution is -2.29. The first-order chi connectivity index (χ1) is 22.9. The topological polar surface area (TPSA) is 180 Å². The number of aliphatic hydroxyl groups excluding tert-OH is 3. The van der Waals surface area contributed by atoms with Crippen LogP contribution >= 0.6 is 7.82 Å². The zero-order valence-electron chi connectivity index (χ0n) is 29.9. The van der Waals surface area contributed by atoms with Crippen LogP contribution in [0.1, 0.15) is 149 Å². The van der Waals surface area contributed by atoms with Crippen LogP contribution in [0.15, 0.2) is 12.2 Å². The molecule has 0 bridgehead atoms. The van der Waals surface area contributed by atoms with Gasteiger partial charge in [0, 0.05) is 25.2 Å². The minimum Gasteiger partial charge on any atom is -0.462 e. The fourth-order valence-corrected chi connectivity index (χ4v) is 6.57. The average Bonchev–Trinajstić information content (AvgIpc) is 3.30. The van der Waals surface area contributed by atoms with Gasteiger partial charge in [-0.3, -0.25) is 14.1 Å². The van der Waals surface area contributed by atoms with Crippen molar-refractivity contribution in [1.29, 1.82) is 0 Å². The quantitative estimate of drug-likeness (QED) is 0.0236. The highest BCUT2D eigenvalue weighted by atomic mass is 31.2. The maximum absolute atomic E-state index is 12.4. The van der Waals surface area contributed by atoms with Crippen LogP contribution in [0.2, 0.25) is 0 Å². The molecule has 282 valence electrons. The zero-order chi connectivity index (χ0) is 35.8. The van der Waals surface area contributed by atoms with E-state index in [1.54, 1.807) is 6.08 Å². The van der Waals surface area contributed by atoms with Gasteiger partial charge in [-0.1, -0.05) is 116 Å². The second kappa shape index (κ2) is 26.5. The fraction of sp³-hybridized carbons (Fsp3) is 0.889. The molecule has 5 N–H and O–H groups in total. The Morgan fingerprint density at radius 2 is 1.42 bits per heavy atom. The maximum atomic E-state index is 12.4. The van der Waals surface area contributed by atoms with Gasteiger partial charge in [-0.05, 0) is 37.5 Å². The summed E-state index contributed by atoms with van der Waals surface area (Å²) in [6.45, 7) is 5.64. The molecule has 1 aliphatic rings. The smallest absolute Gasteiger partial charge is 0.462 e. The molecule has 7 atom stereocenters. The number of rotatable bonds is 29. The van der Waals surface area contributed by atoms with E-state index in [0.29, 0.717) is 25.7 Å². The summed E-state index contributed by atoms with van der Waals surface area (Å²) in [4.78, 5) is 42.8. The molecule has 0 aromatic carbocycles. The summed E-state index contributed by atoms with van der Waals surface area (Å²) in [5, 5.41) is 31.2. The third-order valence-corrected chi connectivity index (χ3v) is 9.91. The van der Waals surface area contributed by atoms with Crippen molar-refractivity contribution in [3.63, 3.8) is 0 Å². The molecule has 11 nitrogen and oxygen atoms in total. The number of esters is 2. The number of hydrogen-bond acceptors (Lipinski definition) is 9. The molecular weight excluding hydrogens is 639 g/mol. The van der Waals surface area contributed by atoms with Crippen LogP contribution in [-0.2, 0) is 28.2 Å². The van der Waals surface area contributed by atoms with Gasteiger partial charge < -0.3 is 34.6 Å². The van der Waals surface area contributed by atoms with Crippen molar-refractivity contribution in [3.05, 3.63) is 12.2 Å². The van der Waals surface area contributed by atoms with Gasteiger partial charge in [0.05, 0.1) is 24.9 Å². The molecule has 0 aromatic heterocycles. The van der Waals surface area contributed by atoms with Crippen LogP contribution in [0.3, 0.4) is 0 Å². The second-order valence-corrected chi connectivity index (χ2v) is 15.0. The Morgan fingerprint density at radius 3 is 2.06 bits per heavy atom. The highest BCUT2D eigenvalue weighted by Crippen LogP contribution is 2.37. The van der Waals surface area contributed by atoms with Gasteiger partial charge in [0.15, 0.2) is 6.10 Å². The molecule has 1 saturated carbocycles. The van der Waals surface area contributed by atoms with Gasteiger partial charge >= 0.3 is 19.8 Å². The number of phosphoric ester groups is 1. The Morgan fingerprint density at radius 1 is 0.812 bits per heavy atom. The minimum atomic E-state index is -4.80. The molecular formula is C36H67O11P. The van der Waals surface area contributed by atoms with Crippen LogP contribution in [0.5, 0.6) is 0 Å². The third kappa shape index (κ3) is 22.4. The van der Waals surface area contributed by atoms with Gasteiger partial charge in [-0.15, -0.1) is 0 Å². The number of carbonyl (C=O) groups excluding carboxylic acids is 2. The van der Waals surface area contributed by atoms with Crippen molar-refractivity contribution < 1.29 is 53.3 Å². The van der Waals surface area contributed by atoms with E-state index in [4.69, 9.17) is 19.3 Å². The number of unbranched alkanes of at least 4 members (excludes halogenated alkanes) is 10. The van der Waals surface area contributed by atoms with Crippen molar-refractivity contribution in [1.82, 2.24) is 0 Å². The van der Waals surface area contributed by atoms with Crippen LogP contribution in [0.4, 0.5) is 0 Å². The highest BCUT2D eigenvalue weighted by molar-refractivity contribution is 7.46. The van der Waals surface area contributed by atoms with Crippen LogP contribution in [0, 0.1) is 17.8 Å². The Balaban J connectivity index is 2.33. The maximum Gasteiger partial charge on any atom is 0.469 e. The van der Waals surface area contributed by atoms with E-state index >= 15 is 0 Å². The number of carbonyl (C=O) groups is 2. The summed E-state index contributed by atoms with van der Waals surface area (Å²) in [6.07, 6.45) is 17.4. The average molecular weight is 707 g/mol. The zero-order valence-corrected chi connectivity index (χ0v) is 30.8. The number of phosphoric acid groups is 1. The van der Waals surface area contributed by atoms with E-state index in [-0.39, 0.29) is 31.3 Å². The summed E-state index contributed by atoms with van der Waals surface area (Å²) in [5.41, 5.74) is 0. The molecule has 48 heavy (non-hydrogen) atoms. The molecule has 0 heterocycles. The van der Waals surface area contributed by atoms with Crippen LogP contribution in [0.25, 0.3) is 0 Å². The first kappa shape index (κ1) is 44.7. The molecule has 0 radical (unpaired) electrons. The lowest BCUT2D eigenvalue weighted by atomic mass is 9.88. The highest BCUT2D eigenvalue weighted by Gasteiger charge is 2.39. The molecule has 0 aromatic rings. The molecule has 0 saturated heterocycles. The predicted octanol–water partition coefficient (Wildman–Crippen LogP) is 6.91. The molecule has 1 fully saturated rings. The molecule has 0 spiro atoms.